The Labute approximate surface area is 125 Å². The molecule has 1 amide bonds. The summed E-state index contributed by atoms with van der Waals surface area (Å²) in [6, 6.07) is 4.09. The summed E-state index contributed by atoms with van der Waals surface area (Å²) in [4.78, 5) is 18.2. The molecule has 3 N–H and O–H groups in total. The maximum absolute atomic E-state index is 13.7. The number of nitrogen functional groups attached to an aromatic ring is 1. The first-order chi connectivity index (χ1) is 9.92. The zero-order valence-electron chi connectivity index (χ0n) is 11.8. The first-order valence-corrected chi connectivity index (χ1v) is 6.82. The van der Waals surface area contributed by atoms with Crippen LogP contribution in [-0.2, 0) is 0 Å². The highest BCUT2D eigenvalue weighted by atomic mass is 32.1. The third-order valence-electron chi connectivity index (χ3n) is 2.65. The van der Waals surface area contributed by atoms with E-state index in [1.165, 1.54) is 25.3 Å². The largest absolute Gasteiger partial charge is 0.497 e. The number of halogens is 1. The molecule has 1 aromatic heterocycles. The number of rotatable bonds is 4. The van der Waals surface area contributed by atoms with E-state index in [-0.39, 0.29) is 16.4 Å². The van der Waals surface area contributed by atoms with Crippen LogP contribution in [-0.4, -0.2) is 32.1 Å². The van der Waals surface area contributed by atoms with E-state index in [2.05, 4.69) is 10.3 Å². The van der Waals surface area contributed by atoms with Crippen LogP contribution in [0.25, 0.3) is 0 Å². The Bertz CT molecular complexity index is 672. The van der Waals surface area contributed by atoms with Gasteiger partial charge in [-0.2, -0.15) is 0 Å². The highest BCUT2D eigenvalue weighted by Gasteiger charge is 2.18. The van der Waals surface area contributed by atoms with E-state index < -0.39 is 11.7 Å². The van der Waals surface area contributed by atoms with E-state index in [1.54, 1.807) is 19.0 Å². The van der Waals surface area contributed by atoms with Gasteiger partial charge in [-0.25, -0.2) is 9.37 Å². The highest BCUT2D eigenvalue weighted by Crippen LogP contribution is 2.28. The van der Waals surface area contributed by atoms with Gasteiger partial charge in [-0.3, -0.25) is 4.79 Å². The van der Waals surface area contributed by atoms with Gasteiger partial charge in [0.2, 0.25) is 0 Å². The molecule has 0 unspecified atom stereocenters. The Balaban J connectivity index is 2.26. The molecule has 0 aliphatic carbocycles. The molecule has 6 nitrogen and oxygen atoms in total. The molecule has 2 aromatic rings. The van der Waals surface area contributed by atoms with Gasteiger partial charge < -0.3 is 20.7 Å². The fourth-order valence-corrected chi connectivity index (χ4v) is 2.38. The molecule has 112 valence electrons. The summed E-state index contributed by atoms with van der Waals surface area (Å²) >= 11 is 1.13. The van der Waals surface area contributed by atoms with Crippen LogP contribution in [0.3, 0.4) is 0 Å². The fraction of sp³-hybridized carbons (Fsp3) is 0.231. The van der Waals surface area contributed by atoms with Crippen molar-refractivity contribution >= 4 is 33.9 Å². The first kappa shape index (κ1) is 15.0. The average Bonchev–Trinajstić information content (AvgIpc) is 2.83. The van der Waals surface area contributed by atoms with Crippen molar-refractivity contribution in [1.82, 2.24) is 4.98 Å². The van der Waals surface area contributed by atoms with Crippen LogP contribution in [0, 0.1) is 5.82 Å². The van der Waals surface area contributed by atoms with Gasteiger partial charge in [0.25, 0.3) is 5.91 Å². The van der Waals surface area contributed by atoms with Crippen molar-refractivity contribution in [3.05, 3.63) is 28.9 Å². The van der Waals surface area contributed by atoms with Crippen LogP contribution < -0.4 is 20.7 Å². The number of nitrogens with two attached hydrogens (primary N) is 1. The number of carbonyl (C=O) groups is 1. The predicted octanol–water partition coefficient (Wildman–Crippen LogP) is 2.19. The summed E-state index contributed by atoms with van der Waals surface area (Å²) in [5.74, 6) is -0.507. The van der Waals surface area contributed by atoms with Crippen molar-refractivity contribution in [1.29, 1.82) is 0 Å². The average molecular weight is 310 g/mol. The van der Waals surface area contributed by atoms with E-state index in [0.29, 0.717) is 10.9 Å². The molecular weight excluding hydrogens is 295 g/mol. The summed E-state index contributed by atoms with van der Waals surface area (Å²) in [7, 11) is 5.05. The molecule has 1 heterocycles. The first-order valence-electron chi connectivity index (χ1n) is 6.01. The number of thiazole rings is 1. The lowest BCUT2D eigenvalue weighted by molar-refractivity contribution is 0.103. The van der Waals surface area contributed by atoms with Crippen LogP contribution in [0.1, 0.15) is 9.67 Å². The number of nitrogens with one attached hydrogen (secondary N) is 1. The number of anilines is 3. The maximum Gasteiger partial charge on any atom is 0.269 e. The maximum atomic E-state index is 13.7. The summed E-state index contributed by atoms with van der Waals surface area (Å²) in [6.45, 7) is 0. The van der Waals surface area contributed by atoms with Gasteiger partial charge in [0.15, 0.2) is 5.13 Å². The van der Waals surface area contributed by atoms with Crippen molar-refractivity contribution in [2.75, 3.05) is 37.2 Å². The van der Waals surface area contributed by atoms with Gasteiger partial charge in [-0.15, -0.1) is 0 Å². The summed E-state index contributed by atoms with van der Waals surface area (Å²) in [5.41, 5.74) is 5.75. The van der Waals surface area contributed by atoms with E-state index in [1.807, 2.05) is 0 Å². The number of benzene rings is 1. The zero-order chi connectivity index (χ0) is 15.6. The number of hydrogen-bond acceptors (Lipinski definition) is 6. The molecular formula is C13H15FN4O2S. The molecule has 0 aliphatic heterocycles. The number of nitrogens with zero attached hydrogens (tertiary/aromatic N) is 2. The van der Waals surface area contributed by atoms with Crippen molar-refractivity contribution in [2.45, 2.75) is 0 Å². The smallest absolute Gasteiger partial charge is 0.269 e. The van der Waals surface area contributed by atoms with E-state index in [0.717, 1.165) is 11.3 Å². The molecule has 0 spiro atoms. The lowest BCUT2D eigenvalue weighted by atomic mass is 10.2. The topological polar surface area (TPSA) is 80.5 Å². The number of aromatic nitrogens is 1. The Kier molecular flexibility index (Phi) is 4.27. The number of carbonyl (C=O) groups excluding carboxylic acids is 1. The third-order valence-corrected chi connectivity index (χ3v) is 3.89. The molecule has 0 bridgehead atoms. The standard InChI is InChI=1S/C13H15FN4O2S/c1-18(2)13-17-11(15)10(21-13)12(19)16-9-6-7(20-3)4-5-8(9)14/h4-6H,15H2,1-3H3,(H,16,19). The van der Waals surface area contributed by atoms with Crippen LogP contribution in [0.5, 0.6) is 5.75 Å². The van der Waals surface area contributed by atoms with Crippen molar-refractivity contribution in [2.24, 2.45) is 0 Å². The number of hydrogen-bond donors (Lipinski definition) is 2. The Hall–Kier alpha value is -2.35. The third kappa shape index (κ3) is 3.22. The fourth-order valence-electron chi connectivity index (χ4n) is 1.58. The summed E-state index contributed by atoms with van der Waals surface area (Å²) in [6.07, 6.45) is 0. The number of ether oxygens (including phenoxy) is 1. The molecule has 1 aromatic carbocycles. The van der Waals surface area contributed by atoms with E-state index in [9.17, 15) is 9.18 Å². The van der Waals surface area contributed by atoms with Crippen LogP contribution >= 0.6 is 11.3 Å². The Morgan fingerprint density at radius 1 is 1.48 bits per heavy atom. The van der Waals surface area contributed by atoms with Crippen molar-refractivity contribution in [3.8, 4) is 5.75 Å². The van der Waals surface area contributed by atoms with Gasteiger partial charge in [0.05, 0.1) is 12.8 Å². The molecule has 0 aliphatic rings. The second-order valence-electron chi connectivity index (χ2n) is 4.41. The minimum absolute atomic E-state index is 0.0264. The minimum Gasteiger partial charge on any atom is -0.497 e. The van der Waals surface area contributed by atoms with Crippen molar-refractivity contribution < 1.29 is 13.9 Å². The molecule has 0 radical (unpaired) electrons. The van der Waals surface area contributed by atoms with Crippen LogP contribution in [0.15, 0.2) is 18.2 Å². The minimum atomic E-state index is -0.555. The molecule has 8 heteroatoms. The quantitative estimate of drug-likeness (QED) is 0.905. The van der Waals surface area contributed by atoms with Gasteiger partial charge >= 0.3 is 0 Å². The zero-order valence-corrected chi connectivity index (χ0v) is 12.6. The Morgan fingerprint density at radius 2 is 2.19 bits per heavy atom. The monoisotopic (exact) mass is 310 g/mol. The van der Waals surface area contributed by atoms with E-state index in [4.69, 9.17) is 10.5 Å². The summed E-state index contributed by atoms with van der Waals surface area (Å²) in [5, 5.41) is 3.07. The second kappa shape index (κ2) is 5.96. The normalized spacial score (nSPS) is 10.3. The van der Waals surface area contributed by atoms with E-state index >= 15 is 0 Å². The predicted molar refractivity (Wildman–Crippen MR) is 81.8 cm³/mol. The second-order valence-corrected chi connectivity index (χ2v) is 5.38. The number of methoxy groups -OCH3 is 1. The lowest BCUT2D eigenvalue weighted by Gasteiger charge is -2.07. The molecule has 21 heavy (non-hydrogen) atoms. The molecule has 0 saturated heterocycles. The number of amides is 1. The molecule has 0 fully saturated rings. The Morgan fingerprint density at radius 3 is 2.76 bits per heavy atom. The summed E-state index contributed by atoms with van der Waals surface area (Å²) < 4.78 is 18.7. The lowest BCUT2D eigenvalue weighted by Crippen LogP contribution is -2.13. The van der Waals surface area contributed by atoms with Gasteiger partial charge in [0, 0.05) is 20.2 Å². The van der Waals surface area contributed by atoms with Crippen LogP contribution in [0.4, 0.5) is 21.0 Å². The SMILES string of the molecule is COc1ccc(F)c(NC(=O)c2sc(N(C)C)nc2N)c1. The molecule has 0 atom stereocenters. The molecule has 2 rings (SSSR count). The van der Waals surface area contributed by atoms with Gasteiger partial charge in [0.1, 0.15) is 22.3 Å². The van der Waals surface area contributed by atoms with Crippen molar-refractivity contribution in [3.63, 3.8) is 0 Å². The van der Waals surface area contributed by atoms with Gasteiger partial charge in [-0.05, 0) is 12.1 Å². The van der Waals surface area contributed by atoms with Gasteiger partial charge in [-0.1, -0.05) is 11.3 Å². The molecule has 0 saturated carbocycles. The van der Waals surface area contributed by atoms with Crippen LogP contribution in [0.2, 0.25) is 0 Å². The highest BCUT2D eigenvalue weighted by molar-refractivity contribution is 7.18.